The highest BCUT2D eigenvalue weighted by Gasteiger charge is 2.42. The van der Waals surface area contributed by atoms with Crippen molar-refractivity contribution < 1.29 is 19.2 Å². The molecule has 1 fully saturated rings. The molecule has 150 valence electrons. The summed E-state index contributed by atoms with van der Waals surface area (Å²) >= 11 is 0. The summed E-state index contributed by atoms with van der Waals surface area (Å²) in [5, 5.41) is 7.44. The maximum absolute atomic E-state index is 12.4. The number of anilines is 1. The summed E-state index contributed by atoms with van der Waals surface area (Å²) in [7, 11) is 0. The second-order valence-corrected chi connectivity index (χ2v) is 6.85. The van der Waals surface area contributed by atoms with E-state index in [1.165, 1.54) is 0 Å². The monoisotopic (exact) mass is 394 g/mol. The number of piperidine rings is 1. The summed E-state index contributed by atoms with van der Waals surface area (Å²) in [6, 6.07) is 12.1. The van der Waals surface area contributed by atoms with Crippen LogP contribution in [0.25, 0.3) is 0 Å². The van der Waals surface area contributed by atoms with Crippen LogP contribution in [0.2, 0.25) is 0 Å². The van der Waals surface area contributed by atoms with Crippen LogP contribution >= 0.6 is 0 Å². The molecule has 3 rings (SSSR count). The second kappa shape index (κ2) is 8.64. The lowest BCUT2D eigenvalue weighted by Gasteiger charge is -2.35. The molecular weight excluding hydrogens is 372 g/mol. The Morgan fingerprint density at radius 3 is 2.48 bits per heavy atom. The van der Waals surface area contributed by atoms with Gasteiger partial charge in [-0.1, -0.05) is 25.1 Å². The Bertz CT molecular complexity index is 927. The lowest BCUT2D eigenvalue weighted by molar-refractivity contribution is -0.138. The van der Waals surface area contributed by atoms with Crippen LogP contribution < -0.4 is 16.0 Å². The van der Waals surface area contributed by atoms with Gasteiger partial charge < -0.3 is 10.6 Å². The maximum atomic E-state index is 12.4. The van der Waals surface area contributed by atoms with Crippen LogP contribution in [-0.4, -0.2) is 28.6 Å². The summed E-state index contributed by atoms with van der Waals surface area (Å²) in [6.07, 6.45) is 2.88. The van der Waals surface area contributed by atoms with Crippen molar-refractivity contribution in [2.75, 3.05) is 5.32 Å². The van der Waals surface area contributed by atoms with E-state index in [-0.39, 0.29) is 24.8 Å². The van der Waals surface area contributed by atoms with Gasteiger partial charge in [0.25, 0.3) is 0 Å². The van der Waals surface area contributed by atoms with Crippen LogP contribution in [0.1, 0.15) is 37.4 Å². The molecule has 0 bridgehead atoms. The van der Waals surface area contributed by atoms with E-state index in [1.807, 2.05) is 6.92 Å². The molecule has 4 amide bonds. The number of aromatic nitrogens is 1. The molecule has 29 heavy (non-hydrogen) atoms. The third-order valence-corrected chi connectivity index (χ3v) is 5.13. The first-order chi connectivity index (χ1) is 13.9. The number of nitrogens with zero attached hydrogens (tertiary/aromatic N) is 1. The number of carbonyl (C=O) groups is 4. The minimum Gasteiger partial charge on any atom is -0.342 e. The Kier molecular flexibility index (Phi) is 6.01. The van der Waals surface area contributed by atoms with Crippen molar-refractivity contribution in [3.05, 3.63) is 59.9 Å². The Hall–Kier alpha value is -3.55. The van der Waals surface area contributed by atoms with Crippen molar-refractivity contribution in [2.45, 2.75) is 38.1 Å². The van der Waals surface area contributed by atoms with Gasteiger partial charge in [0.1, 0.15) is 0 Å². The molecular formula is C21H22N4O4. The van der Waals surface area contributed by atoms with Gasteiger partial charge in [0.15, 0.2) is 0 Å². The van der Waals surface area contributed by atoms with E-state index in [4.69, 9.17) is 0 Å². The number of imide groups is 1. The number of amides is 4. The zero-order valence-electron chi connectivity index (χ0n) is 16.0. The zero-order chi connectivity index (χ0) is 20.9. The highest BCUT2D eigenvalue weighted by atomic mass is 16.2. The molecule has 2 heterocycles. The van der Waals surface area contributed by atoms with Gasteiger partial charge in [-0.25, -0.2) is 0 Å². The fourth-order valence-electron chi connectivity index (χ4n) is 3.38. The first-order valence-electron chi connectivity index (χ1n) is 9.38. The predicted molar refractivity (Wildman–Crippen MR) is 106 cm³/mol. The van der Waals surface area contributed by atoms with Gasteiger partial charge in [-0.2, -0.15) is 0 Å². The lowest BCUT2D eigenvalue weighted by atomic mass is 9.72. The Morgan fingerprint density at radius 2 is 1.86 bits per heavy atom. The maximum Gasteiger partial charge on any atom is 0.313 e. The molecule has 2 aromatic rings. The van der Waals surface area contributed by atoms with Crippen LogP contribution in [0, 0.1) is 0 Å². The average Bonchev–Trinajstić information content (AvgIpc) is 2.74. The molecule has 1 aromatic carbocycles. The first kappa shape index (κ1) is 20.2. The van der Waals surface area contributed by atoms with E-state index in [0.29, 0.717) is 24.2 Å². The first-order valence-corrected chi connectivity index (χ1v) is 9.38. The molecule has 1 aliphatic heterocycles. The van der Waals surface area contributed by atoms with Gasteiger partial charge in [0.05, 0.1) is 17.7 Å². The van der Waals surface area contributed by atoms with Crippen molar-refractivity contribution in [3.8, 4) is 0 Å². The standard InChI is InChI=1S/C21H22N4O4/c1-2-21(11-10-17(26)25-20(21)29)14-6-8-15(9-7-14)24-19(28)18(27)23-13-16-5-3-4-12-22-16/h3-9,12H,2,10-11,13H2,1H3,(H,23,27)(H,24,28)(H,25,26,29). The van der Waals surface area contributed by atoms with E-state index >= 15 is 0 Å². The van der Waals surface area contributed by atoms with Gasteiger partial charge in [-0.05, 0) is 42.7 Å². The molecule has 0 saturated carbocycles. The predicted octanol–water partition coefficient (Wildman–Crippen LogP) is 1.42. The fraction of sp³-hybridized carbons (Fsp3) is 0.286. The summed E-state index contributed by atoms with van der Waals surface area (Å²) in [5.41, 5.74) is 1.08. The van der Waals surface area contributed by atoms with Gasteiger partial charge >= 0.3 is 11.8 Å². The minimum atomic E-state index is -0.792. The molecule has 1 saturated heterocycles. The second-order valence-electron chi connectivity index (χ2n) is 6.85. The molecule has 0 radical (unpaired) electrons. The topological polar surface area (TPSA) is 117 Å². The number of rotatable bonds is 5. The molecule has 0 aliphatic carbocycles. The summed E-state index contributed by atoms with van der Waals surface area (Å²) in [6.45, 7) is 2.05. The smallest absolute Gasteiger partial charge is 0.313 e. The molecule has 3 N–H and O–H groups in total. The molecule has 1 atom stereocenters. The van der Waals surface area contributed by atoms with Crippen molar-refractivity contribution in [1.29, 1.82) is 0 Å². The van der Waals surface area contributed by atoms with E-state index in [1.54, 1.807) is 48.7 Å². The van der Waals surface area contributed by atoms with Crippen molar-refractivity contribution in [1.82, 2.24) is 15.6 Å². The van der Waals surface area contributed by atoms with E-state index in [0.717, 1.165) is 5.56 Å². The fourth-order valence-corrected chi connectivity index (χ4v) is 3.38. The van der Waals surface area contributed by atoms with Gasteiger partial charge in [0, 0.05) is 18.3 Å². The summed E-state index contributed by atoms with van der Waals surface area (Å²) < 4.78 is 0. The SMILES string of the molecule is CCC1(c2ccc(NC(=O)C(=O)NCc3ccccn3)cc2)CCC(=O)NC1=O. The minimum absolute atomic E-state index is 0.152. The summed E-state index contributed by atoms with van der Waals surface area (Å²) in [5.74, 6) is -2.13. The quantitative estimate of drug-likeness (QED) is 0.524. The van der Waals surface area contributed by atoms with Crippen LogP contribution in [0.15, 0.2) is 48.7 Å². The average molecular weight is 394 g/mol. The third kappa shape index (κ3) is 4.48. The lowest BCUT2D eigenvalue weighted by Crippen LogP contribution is -2.51. The largest absolute Gasteiger partial charge is 0.342 e. The number of hydrogen-bond acceptors (Lipinski definition) is 5. The van der Waals surface area contributed by atoms with E-state index in [2.05, 4.69) is 20.9 Å². The van der Waals surface area contributed by atoms with Crippen LogP contribution in [0.3, 0.4) is 0 Å². The molecule has 8 heteroatoms. The zero-order valence-corrected chi connectivity index (χ0v) is 16.0. The Morgan fingerprint density at radius 1 is 1.10 bits per heavy atom. The molecule has 1 aromatic heterocycles. The number of pyridine rings is 1. The molecule has 0 spiro atoms. The van der Waals surface area contributed by atoms with Gasteiger partial charge in [0.2, 0.25) is 11.8 Å². The molecule has 1 aliphatic rings. The van der Waals surface area contributed by atoms with E-state index in [9.17, 15) is 19.2 Å². The molecule has 1 unspecified atom stereocenters. The van der Waals surface area contributed by atoms with E-state index < -0.39 is 17.2 Å². The molecule has 8 nitrogen and oxygen atoms in total. The van der Waals surface area contributed by atoms with Crippen molar-refractivity contribution in [3.63, 3.8) is 0 Å². The Labute approximate surface area is 168 Å². The van der Waals surface area contributed by atoms with Crippen LogP contribution in [0.4, 0.5) is 5.69 Å². The van der Waals surface area contributed by atoms with Crippen molar-refractivity contribution in [2.24, 2.45) is 0 Å². The number of benzene rings is 1. The number of nitrogens with one attached hydrogen (secondary N) is 3. The Balaban J connectivity index is 1.62. The highest BCUT2D eigenvalue weighted by molar-refractivity contribution is 6.39. The van der Waals surface area contributed by atoms with Gasteiger partial charge in [-0.3, -0.25) is 29.5 Å². The van der Waals surface area contributed by atoms with Crippen LogP contribution in [0.5, 0.6) is 0 Å². The normalized spacial score (nSPS) is 18.7. The number of carbonyl (C=O) groups excluding carboxylic acids is 4. The summed E-state index contributed by atoms with van der Waals surface area (Å²) in [4.78, 5) is 52.0. The van der Waals surface area contributed by atoms with Gasteiger partial charge in [-0.15, -0.1) is 0 Å². The number of hydrogen-bond donors (Lipinski definition) is 3. The van der Waals surface area contributed by atoms with Crippen molar-refractivity contribution >= 4 is 29.3 Å². The highest BCUT2D eigenvalue weighted by Crippen LogP contribution is 2.36. The van der Waals surface area contributed by atoms with Crippen LogP contribution in [-0.2, 0) is 31.1 Å². The third-order valence-electron chi connectivity index (χ3n) is 5.13.